The Morgan fingerprint density at radius 2 is 1.87 bits per heavy atom. The molecule has 1 heterocycles. The maximum absolute atomic E-state index is 12.8. The molecular formula is C23H29N3O4S. The van der Waals surface area contributed by atoms with Crippen LogP contribution in [0.25, 0.3) is 0 Å². The van der Waals surface area contributed by atoms with Gasteiger partial charge in [0.1, 0.15) is 0 Å². The number of hydrogen-bond acceptors (Lipinski definition) is 4. The normalized spacial score (nSPS) is 16.5. The molecule has 1 aliphatic rings. The van der Waals surface area contributed by atoms with Crippen molar-refractivity contribution in [3.05, 3.63) is 54.1 Å². The lowest BCUT2D eigenvalue weighted by Gasteiger charge is -2.17. The lowest BCUT2D eigenvalue weighted by molar-refractivity contribution is -0.122. The Kier molecular flexibility index (Phi) is 7.46. The second-order valence-electron chi connectivity index (χ2n) is 7.69. The van der Waals surface area contributed by atoms with E-state index in [4.69, 9.17) is 0 Å². The van der Waals surface area contributed by atoms with Crippen molar-refractivity contribution in [2.75, 3.05) is 23.3 Å². The number of rotatable bonds is 9. The van der Waals surface area contributed by atoms with Gasteiger partial charge < -0.3 is 10.2 Å². The van der Waals surface area contributed by atoms with E-state index in [9.17, 15) is 18.0 Å². The lowest BCUT2D eigenvalue weighted by Crippen LogP contribution is -2.28. The van der Waals surface area contributed by atoms with Crippen molar-refractivity contribution in [1.29, 1.82) is 0 Å². The van der Waals surface area contributed by atoms with Crippen LogP contribution in [0.4, 0.5) is 11.4 Å². The molecule has 31 heavy (non-hydrogen) atoms. The Labute approximate surface area is 183 Å². The van der Waals surface area contributed by atoms with Crippen LogP contribution >= 0.6 is 0 Å². The standard InChI is InChI=1S/C23H29N3O4S/c1-3-5-13-24-31(29,30)21-8-6-7-19(15-21)25-23(28)18-14-22(27)26(16-18)20-11-9-17(4-2)10-12-20/h6-12,15,18,24H,3-5,13-14,16H2,1-2H3,(H,25,28). The fourth-order valence-electron chi connectivity index (χ4n) is 3.50. The van der Waals surface area contributed by atoms with Crippen molar-refractivity contribution < 1.29 is 18.0 Å². The van der Waals surface area contributed by atoms with Gasteiger partial charge in [-0.25, -0.2) is 13.1 Å². The third-order valence-corrected chi connectivity index (χ3v) is 6.85. The van der Waals surface area contributed by atoms with Gasteiger partial charge in [0.05, 0.1) is 10.8 Å². The van der Waals surface area contributed by atoms with Crippen LogP contribution in [-0.4, -0.2) is 33.3 Å². The van der Waals surface area contributed by atoms with Gasteiger partial charge in [-0.05, 0) is 48.7 Å². The lowest BCUT2D eigenvalue weighted by atomic mass is 10.1. The maximum Gasteiger partial charge on any atom is 0.240 e. The van der Waals surface area contributed by atoms with Crippen LogP contribution in [-0.2, 0) is 26.0 Å². The van der Waals surface area contributed by atoms with Gasteiger partial charge in [0, 0.05) is 30.9 Å². The van der Waals surface area contributed by atoms with Crippen LogP contribution in [0.3, 0.4) is 0 Å². The molecule has 1 aliphatic heterocycles. The summed E-state index contributed by atoms with van der Waals surface area (Å²) < 4.78 is 27.4. The molecule has 3 rings (SSSR count). The summed E-state index contributed by atoms with van der Waals surface area (Å²) in [6.07, 6.45) is 2.68. The number of nitrogens with zero attached hydrogens (tertiary/aromatic N) is 1. The summed E-state index contributed by atoms with van der Waals surface area (Å²) in [5.74, 6) is -0.892. The van der Waals surface area contributed by atoms with E-state index in [0.717, 1.165) is 24.9 Å². The van der Waals surface area contributed by atoms with E-state index in [-0.39, 0.29) is 23.1 Å². The van der Waals surface area contributed by atoms with E-state index in [0.29, 0.717) is 18.8 Å². The summed E-state index contributed by atoms with van der Waals surface area (Å²) in [7, 11) is -3.63. The van der Waals surface area contributed by atoms with Crippen LogP contribution in [0.2, 0.25) is 0 Å². The Balaban J connectivity index is 1.66. The fraction of sp³-hybridized carbons (Fsp3) is 0.391. The Hall–Kier alpha value is -2.71. The molecule has 0 saturated carbocycles. The number of benzene rings is 2. The zero-order valence-electron chi connectivity index (χ0n) is 17.9. The van der Waals surface area contributed by atoms with E-state index in [1.807, 2.05) is 31.2 Å². The van der Waals surface area contributed by atoms with Crippen molar-refractivity contribution in [2.45, 2.75) is 44.4 Å². The van der Waals surface area contributed by atoms with E-state index >= 15 is 0 Å². The first-order valence-corrected chi connectivity index (χ1v) is 12.1. The highest BCUT2D eigenvalue weighted by molar-refractivity contribution is 7.89. The van der Waals surface area contributed by atoms with E-state index in [2.05, 4.69) is 17.0 Å². The average Bonchev–Trinajstić information content (AvgIpc) is 3.16. The first kappa shape index (κ1) is 23.0. The SMILES string of the molecule is CCCCNS(=O)(=O)c1cccc(NC(=O)C2CC(=O)N(c3ccc(CC)cc3)C2)c1. The molecule has 1 saturated heterocycles. The molecule has 8 heteroatoms. The quantitative estimate of drug-likeness (QED) is 0.581. The number of carbonyl (C=O) groups excluding carboxylic acids is 2. The number of hydrogen-bond donors (Lipinski definition) is 2. The highest BCUT2D eigenvalue weighted by atomic mass is 32.2. The Bertz CT molecular complexity index is 1040. The number of sulfonamides is 1. The molecule has 0 spiro atoms. The van der Waals surface area contributed by atoms with Crippen LogP contribution in [0.1, 0.15) is 38.7 Å². The number of nitrogens with one attached hydrogen (secondary N) is 2. The molecule has 1 fully saturated rings. The molecule has 166 valence electrons. The Morgan fingerprint density at radius 1 is 1.13 bits per heavy atom. The summed E-state index contributed by atoms with van der Waals surface area (Å²) in [4.78, 5) is 26.9. The first-order valence-electron chi connectivity index (χ1n) is 10.6. The molecular weight excluding hydrogens is 414 g/mol. The van der Waals surface area contributed by atoms with Gasteiger partial charge in [-0.3, -0.25) is 9.59 Å². The molecule has 2 amide bonds. The van der Waals surface area contributed by atoms with Gasteiger partial charge in [0.2, 0.25) is 21.8 Å². The van der Waals surface area contributed by atoms with Crippen molar-refractivity contribution in [1.82, 2.24) is 4.72 Å². The molecule has 0 bridgehead atoms. The van der Waals surface area contributed by atoms with Crippen molar-refractivity contribution in [3.63, 3.8) is 0 Å². The number of carbonyl (C=O) groups is 2. The highest BCUT2D eigenvalue weighted by Gasteiger charge is 2.35. The van der Waals surface area contributed by atoms with Gasteiger partial charge in [0.25, 0.3) is 0 Å². The van der Waals surface area contributed by atoms with Crippen LogP contribution < -0.4 is 14.9 Å². The smallest absolute Gasteiger partial charge is 0.240 e. The zero-order chi connectivity index (χ0) is 22.4. The highest BCUT2D eigenvalue weighted by Crippen LogP contribution is 2.27. The van der Waals surface area contributed by atoms with E-state index in [1.165, 1.54) is 17.7 Å². The number of unbranched alkanes of at least 4 members (excludes halogenated alkanes) is 1. The van der Waals surface area contributed by atoms with Gasteiger partial charge in [0.15, 0.2) is 0 Å². The zero-order valence-corrected chi connectivity index (χ0v) is 18.7. The van der Waals surface area contributed by atoms with Crippen LogP contribution in [0, 0.1) is 5.92 Å². The van der Waals surface area contributed by atoms with Crippen LogP contribution in [0.5, 0.6) is 0 Å². The summed E-state index contributed by atoms with van der Waals surface area (Å²) in [6, 6.07) is 13.9. The average molecular weight is 444 g/mol. The minimum Gasteiger partial charge on any atom is -0.326 e. The van der Waals surface area contributed by atoms with E-state index < -0.39 is 15.9 Å². The number of anilines is 2. The van der Waals surface area contributed by atoms with Crippen molar-refractivity contribution in [2.24, 2.45) is 5.92 Å². The first-order chi connectivity index (χ1) is 14.8. The summed E-state index contributed by atoms with van der Waals surface area (Å²) in [5, 5.41) is 2.76. The molecule has 0 aromatic heterocycles. The molecule has 7 nitrogen and oxygen atoms in total. The van der Waals surface area contributed by atoms with Gasteiger partial charge in [-0.1, -0.05) is 38.5 Å². The molecule has 2 aromatic carbocycles. The molecule has 1 unspecified atom stereocenters. The van der Waals surface area contributed by atoms with Gasteiger partial charge >= 0.3 is 0 Å². The minimum atomic E-state index is -3.63. The molecule has 2 aromatic rings. The fourth-order valence-corrected chi connectivity index (χ4v) is 4.62. The Morgan fingerprint density at radius 3 is 2.55 bits per heavy atom. The maximum atomic E-state index is 12.8. The molecule has 0 aliphatic carbocycles. The third-order valence-electron chi connectivity index (χ3n) is 5.39. The number of amides is 2. The van der Waals surface area contributed by atoms with Crippen molar-refractivity contribution >= 4 is 33.2 Å². The monoisotopic (exact) mass is 443 g/mol. The largest absolute Gasteiger partial charge is 0.326 e. The predicted octanol–water partition coefficient (Wildman–Crippen LogP) is 3.32. The second-order valence-corrected chi connectivity index (χ2v) is 9.46. The third kappa shape index (κ3) is 5.71. The minimum absolute atomic E-state index is 0.0964. The van der Waals surface area contributed by atoms with Crippen LogP contribution in [0.15, 0.2) is 53.4 Å². The summed E-state index contributed by atoms with van der Waals surface area (Å²) >= 11 is 0. The summed E-state index contributed by atoms with van der Waals surface area (Å²) in [6.45, 7) is 4.72. The van der Waals surface area contributed by atoms with E-state index in [1.54, 1.807) is 17.0 Å². The van der Waals surface area contributed by atoms with Gasteiger partial charge in [-0.15, -0.1) is 0 Å². The van der Waals surface area contributed by atoms with Crippen molar-refractivity contribution in [3.8, 4) is 0 Å². The van der Waals surface area contributed by atoms with Gasteiger partial charge in [-0.2, -0.15) is 0 Å². The topological polar surface area (TPSA) is 95.6 Å². The molecule has 2 N–H and O–H groups in total. The molecule has 0 radical (unpaired) electrons. The number of aryl methyl sites for hydroxylation is 1. The molecule has 1 atom stereocenters. The second kappa shape index (κ2) is 10.1. The predicted molar refractivity (Wildman–Crippen MR) is 121 cm³/mol. The summed E-state index contributed by atoms with van der Waals surface area (Å²) in [5.41, 5.74) is 2.36.